The Morgan fingerprint density at radius 1 is 1.36 bits per heavy atom. The fraction of sp³-hybridized carbons (Fsp3) is 1.00. The minimum Gasteiger partial charge on any atom is -0.325 e. The molecule has 0 fully saturated rings. The number of hydrogen-bond donors (Lipinski definition) is 1. The fourth-order valence-electron chi connectivity index (χ4n) is 0.846. The number of nitrogens with two attached hydrogens (primary N) is 1. The Morgan fingerprint density at radius 2 is 1.82 bits per heavy atom. The van der Waals surface area contributed by atoms with Crippen LogP contribution in [0.1, 0.15) is 47.0 Å². The maximum atomic E-state index is 6.05. The van der Waals surface area contributed by atoms with Crippen LogP contribution in [0.3, 0.4) is 0 Å². The molecule has 2 heteroatoms. The fourth-order valence-corrected chi connectivity index (χ4v) is 0.846. The zero-order valence-corrected chi connectivity index (χ0v) is 9.00. The SMILES string of the molecule is CCCC[C@](C)(N)C(C)C.Cl. The monoisotopic (exact) mass is 179 g/mol. The summed E-state index contributed by atoms with van der Waals surface area (Å²) < 4.78 is 0. The van der Waals surface area contributed by atoms with Crippen molar-refractivity contribution < 1.29 is 0 Å². The normalized spacial score (nSPS) is 15.8. The smallest absolute Gasteiger partial charge is 0.0149 e. The molecule has 0 aliphatic carbocycles. The van der Waals surface area contributed by atoms with Crippen LogP contribution in [-0.4, -0.2) is 5.54 Å². The van der Waals surface area contributed by atoms with Crippen molar-refractivity contribution in [3.05, 3.63) is 0 Å². The van der Waals surface area contributed by atoms with Gasteiger partial charge in [-0.2, -0.15) is 0 Å². The predicted octanol–water partition coefficient (Wildman–Crippen LogP) is 2.97. The van der Waals surface area contributed by atoms with Crippen LogP contribution in [0.15, 0.2) is 0 Å². The Labute approximate surface area is 77.2 Å². The summed E-state index contributed by atoms with van der Waals surface area (Å²) in [6.45, 7) is 8.73. The third-order valence-corrected chi connectivity index (χ3v) is 2.39. The number of unbranched alkanes of at least 4 members (excludes halogenated alkanes) is 1. The topological polar surface area (TPSA) is 26.0 Å². The summed E-state index contributed by atoms with van der Waals surface area (Å²) in [7, 11) is 0. The van der Waals surface area contributed by atoms with Gasteiger partial charge in [0, 0.05) is 5.54 Å². The van der Waals surface area contributed by atoms with Crippen LogP contribution in [0.4, 0.5) is 0 Å². The van der Waals surface area contributed by atoms with Gasteiger partial charge in [0.15, 0.2) is 0 Å². The Kier molecular flexibility index (Phi) is 7.34. The van der Waals surface area contributed by atoms with Gasteiger partial charge < -0.3 is 5.73 Å². The van der Waals surface area contributed by atoms with Gasteiger partial charge in [-0.3, -0.25) is 0 Å². The molecule has 11 heavy (non-hydrogen) atoms. The van der Waals surface area contributed by atoms with Gasteiger partial charge in [0.25, 0.3) is 0 Å². The Bertz CT molecular complexity index is 89.6. The lowest BCUT2D eigenvalue weighted by atomic mass is 9.85. The summed E-state index contributed by atoms with van der Waals surface area (Å²) >= 11 is 0. The molecule has 0 saturated carbocycles. The second kappa shape index (κ2) is 5.84. The molecule has 0 aromatic carbocycles. The second-order valence-electron chi connectivity index (χ2n) is 3.76. The van der Waals surface area contributed by atoms with Crippen molar-refractivity contribution in [1.29, 1.82) is 0 Å². The van der Waals surface area contributed by atoms with Crippen LogP contribution in [0.2, 0.25) is 0 Å². The second-order valence-corrected chi connectivity index (χ2v) is 3.76. The molecule has 0 aliphatic rings. The molecule has 0 spiro atoms. The van der Waals surface area contributed by atoms with Crippen molar-refractivity contribution in [2.75, 3.05) is 0 Å². The molecule has 0 unspecified atom stereocenters. The van der Waals surface area contributed by atoms with Crippen molar-refractivity contribution in [2.24, 2.45) is 11.7 Å². The zero-order valence-electron chi connectivity index (χ0n) is 8.18. The first kappa shape index (κ1) is 13.8. The van der Waals surface area contributed by atoms with E-state index in [0.717, 1.165) is 6.42 Å². The quantitative estimate of drug-likeness (QED) is 0.706. The maximum Gasteiger partial charge on any atom is 0.0149 e. The van der Waals surface area contributed by atoms with Crippen molar-refractivity contribution in [3.63, 3.8) is 0 Å². The van der Waals surface area contributed by atoms with E-state index in [0.29, 0.717) is 5.92 Å². The highest BCUT2D eigenvalue weighted by molar-refractivity contribution is 5.85. The molecule has 0 rings (SSSR count). The van der Waals surface area contributed by atoms with E-state index in [9.17, 15) is 0 Å². The molecule has 2 N–H and O–H groups in total. The van der Waals surface area contributed by atoms with E-state index >= 15 is 0 Å². The van der Waals surface area contributed by atoms with Crippen LogP contribution >= 0.6 is 12.4 Å². The van der Waals surface area contributed by atoms with Gasteiger partial charge in [-0.05, 0) is 19.3 Å². The highest BCUT2D eigenvalue weighted by Gasteiger charge is 2.21. The van der Waals surface area contributed by atoms with Gasteiger partial charge >= 0.3 is 0 Å². The summed E-state index contributed by atoms with van der Waals surface area (Å²) in [6, 6.07) is 0. The molecule has 0 bridgehead atoms. The van der Waals surface area contributed by atoms with Crippen LogP contribution in [0, 0.1) is 5.92 Å². The molecule has 1 nitrogen and oxygen atoms in total. The van der Waals surface area contributed by atoms with Crippen LogP contribution in [0.25, 0.3) is 0 Å². The van der Waals surface area contributed by atoms with Gasteiger partial charge in [0.2, 0.25) is 0 Å². The highest BCUT2D eigenvalue weighted by atomic mass is 35.5. The molecule has 1 atom stereocenters. The molecule has 0 aromatic rings. The molecule has 0 aliphatic heterocycles. The van der Waals surface area contributed by atoms with Gasteiger partial charge in [-0.1, -0.05) is 33.6 Å². The summed E-state index contributed by atoms with van der Waals surface area (Å²) in [5.41, 5.74) is 6.10. The van der Waals surface area contributed by atoms with E-state index in [1.807, 2.05) is 0 Å². The number of rotatable bonds is 4. The summed E-state index contributed by atoms with van der Waals surface area (Å²) in [6.07, 6.45) is 3.66. The summed E-state index contributed by atoms with van der Waals surface area (Å²) in [5, 5.41) is 0. The van der Waals surface area contributed by atoms with E-state index in [-0.39, 0.29) is 17.9 Å². The standard InChI is InChI=1S/C9H21N.ClH/c1-5-6-7-9(4,10)8(2)3;/h8H,5-7,10H2,1-4H3;1H/t9-;/m0./s1. The molecule has 70 valence electrons. The number of hydrogen-bond acceptors (Lipinski definition) is 1. The Morgan fingerprint density at radius 3 is 2.09 bits per heavy atom. The highest BCUT2D eigenvalue weighted by Crippen LogP contribution is 2.19. The van der Waals surface area contributed by atoms with E-state index in [1.54, 1.807) is 0 Å². The van der Waals surface area contributed by atoms with Crippen molar-refractivity contribution >= 4 is 12.4 Å². The molecule has 0 heterocycles. The van der Waals surface area contributed by atoms with E-state index in [2.05, 4.69) is 27.7 Å². The first-order valence-corrected chi connectivity index (χ1v) is 4.29. The first-order chi connectivity index (χ1) is 4.50. The third kappa shape index (κ3) is 5.51. The lowest BCUT2D eigenvalue weighted by Gasteiger charge is -2.28. The largest absolute Gasteiger partial charge is 0.325 e. The third-order valence-electron chi connectivity index (χ3n) is 2.39. The molecular formula is C9H22ClN. The van der Waals surface area contributed by atoms with E-state index < -0.39 is 0 Å². The van der Waals surface area contributed by atoms with Gasteiger partial charge in [0.05, 0.1) is 0 Å². The molecule has 0 saturated heterocycles. The zero-order chi connectivity index (χ0) is 8.20. The summed E-state index contributed by atoms with van der Waals surface area (Å²) in [5.74, 6) is 0.596. The average molecular weight is 180 g/mol. The van der Waals surface area contributed by atoms with Crippen LogP contribution in [-0.2, 0) is 0 Å². The minimum atomic E-state index is 0. The van der Waals surface area contributed by atoms with Gasteiger partial charge in [0.1, 0.15) is 0 Å². The molecule has 0 amide bonds. The Hall–Kier alpha value is 0.250. The lowest BCUT2D eigenvalue weighted by Crippen LogP contribution is -2.41. The van der Waals surface area contributed by atoms with Crippen LogP contribution in [0.5, 0.6) is 0 Å². The molecular weight excluding hydrogens is 158 g/mol. The molecule has 0 aromatic heterocycles. The minimum absolute atomic E-state index is 0. The van der Waals surface area contributed by atoms with E-state index in [4.69, 9.17) is 5.73 Å². The van der Waals surface area contributed by atoms with Crippen molar-refractivity contribution in [1.82, 2.24) is 0 Å². The lowest BCUT2D eigenvalue weighted by molar-refractivity contribution is 0.309. The first-order valence-electron chi connectivity index (χ1n) is 4.29. The average Bonchev–Trinajstić information content (AvgIpc) is 1.84. The summed E-state index contributed by atoms with van der Waals surface area (Å²) in [4.78, 5) is 0. The van der Waals surface area contributed by atoms with Crippen LogP contribution < -0.4 is 5.73 Å². The van der Waals surface area contributed by atoms with E-state index in [1.165, 1.54) is 12.8 Å². The van der Waals surface area contributed by atoms with Crippen molar-refractivity contribution in [3.8, 4) is 0 Å². The Balaban J connectivity index is 0. The number of halogens is 1. The molecule has 0 radical (unpaired) electrons. The van der Waals surface area contributed by atoms with Crippen molar-refractivity contribution in [2.45, 2.75) is 52.5 Å². The predicted molar refractivity (Wildman–Crippen MR) is 54.2 cm³/mol. The van der Waals surface area contributed by atoms with Gasteiger partial charge in [-0.15, -0.1) is 12.4 Å². The maximum absolute atomic E-state index is 6.05. The van der Waals surface area contributed by atoms with Gasteiger partial charge in [-0.25, -0.2) is 0 Å².